The zero-order valence-electron chi connectivity index (χ0n) is 18.9. The summed E-state index contributed by atoms with van der Waals surface area (Å²) in [5.41, 5.74) is 3.56. The van der Waals surface area contributed by atoms with Crippen LogP contribution in [0.25, 0.3) is 11.1 Å². The van der Waals surface area contributed by atoms with Crippen molar-refractivity contribution in [2.45, 2.75) is 44.6 Å². The maximum Gasteiger partial charge on any atom is 0.305 e. The van der Waals surface area contributed by atoms with Crippen molar-refractivity contribution in [1.82, 2.24) is 10.3 Å². The molecule has 34 heavy (non-hydrogen) atoms. The van der Waals surface area contributed by atoms with Crippen LogP contribution >= 0.6 is 0 Å². The molecule has 1 fully saturated rings. The summed E-state index contributed by atoms with van der Waals surface area (Å²) in [6.45, 7) is 0.484. The average molecular weight is 462 g/mol. The van der Waals surface area contributed by atoms with Crippen LogP contribution in [-0.4, -0.2) is 28.5 Å². The summed E-state index contributed by atoms with van der Waals surface area (Å²) in [6, 6.07) is 16.8. The van der Waals surface area contributed by atoms with E-state index in [0.717, 1.165) is 42.4 Å². The van der Waals surface area contributed by atoms with E-state index in [4.69, 9.17) is 5.11 Å². The lowest BCUT2D eigenvalue weighted by Crippen LogP contribution is -2.26. The van der Waals surface area contributed by atoms with Crippen molar-refractivity contribution in [3.8, 4) is 11.1 Å². The molecule has 6 nitrogen and oxygen atoms in total. The number of amides is 1. The third-order valence-corrected chi connectivity index (χ3v) is 6.23. The molecule has 0 spiro atoms. The number of carboxylic acid groups (broad SMARTS) is 1. The van der Waals surface area contributed by atoms with E-state index in [1.807, 2.05) is 42.5 Å². The first kappa shape index (κ1) is 23.4. The predicted octanol–water partition coefficient (Wildman–Crippen LogP) is 5.36. The largest absolute Gasteiger partial charge is 0.481 e. The molecule has 0 atom stereocenters. The van der Waals surface area contributed by atoms with Gasteiger partial charge in [0.15, 0.2) is 0 Å². The first-order valence-corrected chi connectivity index (χ1v) is 11.6. The van der Waals surface area contributed by atoms with E-state index in [1.165, 1.54) is 6.20 Å². The van der Waals surface area contributed by atoms with Gasteiger partial charge in [0.1, 0.15) is 11.6 Å². The molecule has 3 N–H and O–H groups in total. The van der Waals surface area contributed by atoms with Gasteiger partial charge in [-0.05, 0) is 47.6 Å². The molecule has 0 bridgehead atoms. The maximum absolute atomic E-state index is 15.8. The summed E-state index contributed by atoms with van der Waals surface area (Å²) >= 11 is 0. The minimum atomic E-state index is -0.969. The lowest BCUT2D eigenvalue weighted by atomic mass is 9.88. The minimum Gasteiger partial charge on any atom is -0.481 e. The van der Waals surface area contributed by atoms with Gasteiger partial charge in [-0.1, -0.05) is 55.3 Å². The number of pyridine rings is 1. The van der Waals surface area contributed by atoms with Gasteiger partial charge in [0.2, 0.25) is 0 Å². The third-order valence-electron chi connectivity index (χ3n) is 6.23. The van der Waals surface area contributed by atoms with Crippen LogP contribution in [0.3, 0.4) is 0 Å². The molecule has 0 radical (unpaired) electrons. The highest BCUT2D eigenvalue weighted by Gasteiger charge is 2.25. The van der Waals surface area contributed by atoms with Gasteiger partial charge in [-0.2, -0.15) is 0 Å². The second kappa shape index (κ2) is 10.9. The van der Waals surface area contributed by atoms with Crippen molar-refractivity contribution < 1.29 is 19.1 Å². The van der Waals surface area contributed by atoms with Crippen molar-refractivity contribution in [1.29, 1.82) is 0 Å². The number of aliphatic carboxylic acids is 1. The molecular formula is C27H28FN3O3. The molecule has 1 aliphatic rings. The highest BCUT2D eigenvalue weighted by Crippen LogP contribution is 2.40. The second-order valence-electron chi connectivity index (χ2n) is 8.53. The molecule has 4 rings (SSSR count). The van der Waals surface area contributed by atoms with Crippen molar-refractivity contribution in [2.24, 2.45) is 0 Å². The zero-order chi connectivity index (χ0) is 23.9. The van der Waals surface area contributed by atoms with E-state index in [1.54, 1.807) is 12.1 Å². The van der Waals surface area contributed by atoms with Gasteiger partial charge in [-0.25, -0.2) is 9.37 Å². The van der Waals surface area contributed by atoms with Crippen molar-refractivity contribution in [3.63, 3.8) is 0 Å². The van der Waals surface area contributed by atoms with Gasteiger partial charge >= 0.3 is 5.97 Å². The average Bonchev–Trinajstić information content (AvgIpc) is 3.38. The van der Waals surface area contributed by atoms with Gasteiger partial charge in [0, 0.05) is 24.8 Å². The number of rotatable bonds is 9. The fourth-order valence-corrected chi connectivity index (χ4v) is 4.49. The molecule has 176 valence electrons. The Morgan fingerprint density at radius 3 is 2.47 bits per heavy atom. The van der Waals surface area contributed by atoms with Gasteiger partial charge in [0.05, 0.1) is 12.0 Å². The van der Waals surface area contributed by atoms with Crippen LogP contribution in [0.15, 0.2) is 60.8 Å². The molecule has 0 aliphatic heterocycles. The van der Waals surface area contributed by atoms with Crippen LogP contribution in [0.4, 0.5) is 10.2 Å². The Morgan fingerprint density at radius 1 is 1.03 bits per heavy atom. The van der Waals surface area contributed by atoms with E-state index < -0.39 is 5.97 Å². The Bertz CT molecular complexity index is 1140. The third kappa shape index (κ3) is 5.60. The molecule has 1 heterocycles. The van der Waals surface area contributed by atoms with Crippen molar-refractivity contribution >= 4 is 17.7 Å². The number of aromatic nitrogens is 1. The number of carbonyl (C=O) groups is 2. The Labute approximate surface area is 198 Å². The summed E-state index contributed by atoms with van der Waals surface area (Å²) in [5, 5.41) is 14.5. The lowest BCUT2D eigenvalue weighted by Gasteiger charge is -2.19. The van der Waals surface area contributed by atoms with E-state index in [-0.39, 0.29) is 30.6 Å². The van der Waals surface area contributed by atoms with Crippen LogP contribution < -0.4 is 10.6 Å². The topological polar surface area (TPSA) is 91.3 Å². The van der Waals surface area contributed by atoms with Crippen molar-refractivity contribution in [2.75, 3.05) is 11.9 Å². The second-order valence-corrected chi connectivity index (χ2v) is 8.53. The summed E-state index contributed by atoms with van der Waals surface area (Å²) in [7, 11) is 0. The fourth-order valence-electron chi connectivity index (χ4n) is 4.49. The monoisotopic (exact) mass is 461 g/mol. The van der Waals surface area contributed by atoms with E-state index >= 15 is 4.39 Å². The summed E-state index contributed by atoms with van der Waals surface area (Å²) in [5.74, 6) is -0.693. The number of hydrogen-bond acceptors (Lipinski definition) is 4. The number of benzene rings is 2. The SMILES string of the molecule is O=C(O)CCNC(=O)c1ccc(NCc2ccc(-c3ccccc3)c(F)c2C2CCCC2)nc1. The zero-order valence-corrected chi connectivity index (χ0v) is 18.9. The Morgan fingerprint density at radius 2 is 1.79 bits per heavy atom. The summed E-state index contributed by atoms with van der Waals surface area (Å²) < 4.78 is 15.8. The molecule has 1 amide bonds. The molecular weight excluding hydrogens is 433 g/mol. The number of anilines is 1. The van der Waals surface area contributed by atoms with Crippen LogP contribution in [0.5, 0.6) is 0 Å². The number of hydrogen-bond donors (Lipinski definition) is 3. The maximum atomic E-state index is 15.8. The molecule has 1 aromatic heterocycles. The standard InChI is InChI=1S/C27H28FN3O3/c28-26-22(18-6-2-1-3-7-18)12-10-20(25(26)19-8-4-5-9-19)16-30-23-13-11-21(17-31-23)27(34)29-15-14-24(32)33/h1-3,6-7,10-13,17,19H,4-5,8-9,14-16H2,(H,29,34)(H,30,31)(H,32,33). The highest BCUT2D eigenvalue weighted by atomic mass is 19.1. The quantitative estimate of drug-likeness (QED) is 0.399. The highest BCUT2D eigenvalue weighted by molar-refractivity contribution is 5.94. The molecule has 1 saturated carbocycles. The smallest absolute Gasteiger partial charge is 0.305 e. The summed E-state index contributed by atoms with van der Waals surface area (Å²) in [4.78, 5) is 27.0. The van der Waals surface area contributed by atoms with E-state index in [2.05, 4.69) is 15.6 Å². The van der Waals surface area contributed by atoms with Crippen molar-refractivity contribution in [3.05, 3.63) is 83.3 Å². The van der Waals surface area contributed by atoms with E-state index in [0.29, 0.717) is 23.5 Å². The summed E-state index contributed by atoms with van der Waals surface area (Å²) in [6.07, 6.45) is 5.52. The first-order chi connectivity index (χ1) is 16.5. The van der Waals surface area contributed by atoms with Crippen LogP contribution in [0.2, 0.25) is 0 Å². The Hall–Kier alpha value is -3.74. The Kier molecular flexibility index (Phi) is 7.52. The number of halogens is 1. The molecule has 0 unspecified atom stereocenters. The lowest BCUT2D eigenvalue weighted by molar-refractivity contribution is -0.136. The fraction of sp³-hybridized carbons (Fsp3) is 0.296. The van der Waals surface area contributed by atoms with E-state index in [9.17, 15) is 9.59 Å². The Balaban J connectivity index is 1.48. The normalized spacial score (nSPS) is 13.6. The first-order valence-electron chi connectivity index (χ1n) is 11.6. The number of nitrogens with zero attached hydrogens (tertiary/aromatic N) is 1. The molecule has 7 heteroatoms. The van der Waals surface area contributed by atoms with Crippen LogP contribution in [0.1, 0.15) is 59.5 Å². The minimum absolute atomic E-state index is 0.0582. The van der Waals surface area contributed by atoms with Gasteiger partial charge < -0.3 is 15.7 Å². The van der Waals surface area contributed by atoms with Gasteiger partial charge in [-0.15, -0.1) is 0 Å². The van der Waals surface area contributed by atoms with Gasteiger partial charge in [0.25, 0.3) is 5.91 Å². The number of carboxylic acids is 1. The van der Waals surface area contributed by atoms with Crippen LogP contribution in [-0.2, 0) is 11.3 Å². The number of nitrogens with one attached hydrogen (secondary N) is 2. The predicted molar refractivity (Wildman–Crippen MR) is 129 cm³/mol. The molecule has 0 saturated heterocycles. The molecule has 1 aliphatic carbocycles. The van der Waals surface area contributed by atoms with Gasteiger partial charge in [-0.3, -0.25) is 9.59 Å². The molecule has 3 aromatic rings. The van der Waals surface area contributed by atoms with Crippen LogP contribution in [0, 0.1) is 5.82 Å². The number of carbonyl (C=O) groups excluding carboxylic acids is 1. The molecule has 2 aromatic carbocycles.